The molecular formula is C24H26N4O4. The minimum absolute atomic E-state index is 0.243. The number of carbonyl (C=O) groups excluding carboxylic acids is 2. The summed E-state index contributed by atoms with van der Waals surface area (Å²) in [6.07, 6.45) is 4.98. The second-order valence-corrected chi connectivity index (χ2v) is 7.74. The zero-order chi connectivity index (χ0) is 22.5. The fraction of sp³-hybridized carbons (Fsp3) is 0.333. The molecule has 0 unspecified atom stereocenters. The van der Waals surface area contributed by atoms with Gasteiger partial charge in [0.15, 0.2) is 18.1 Å². The predicted molar refractivity (Wildman–Crippen MR) is 117 cm³/mol. The van der Waals surface area contributed by atoms with Crippen LogP contribution in [0.25, 0.3) is 0 Å². The molecule has 1 aliphatic rings. The van der Waals surface area contributed by atoms with Crippen molar-refractivity contribution in [3.8, 4) is 0 Å². The lowest BCUT2D eigenvalue weighted by Gasteiger charge is -2.27. The normalized spacial score (nSPS) is 13.0. The monoisotopic (exact) mass is 434 g/mol. The van der Waals surface area contributed by atoms with Crippen molar-refractivity contribution in [1.29, 1.82) is 0 Å². The van der Waals surface area contributed by atoms with Crippen LogP contribution < -0.4 is 4.73 Å². The third-order valence-electron chi connectivity index (χ3n) is 5.59. The van der Waals surface area contributed by atoms with Crippen LogP contribution in [0.1, 0.15) is 51.0 Å². The average Bonchev–Trinajstić information content (AvgIpc) is 3.17. The number of carbonyl (C=O) groups is 2. The lowest BCUT2D eigenvalue weighted by Crippen LogP contribution is -2.38. The van der Waals surface area contributed by atoms with Crippen molar-refractivity contribution in [3.05, 3.63) is 88.1 Å². The van der Waals surface area contributed by atoms with Gasteiger partial charge in [0, 0.05) is 36.8 Å². The van der Waals surface area contributed by atoms with E-state index in [-0.39, 0.29) is 24.8 Å². The molecule has 0 fully saturated rings. The van der Waals surface area contributed by atoms with Crippen LogP contribution in [0.4, 0.5) is 0 Å². The number of nitrogens with zero attached hydrogens (tertiary/aromatic N) is 4. The summed E-state index contributed by atoms with van der Waals surface area (Å²) in [6, 6.07) is 13.4. The lowest BCUT2D eigenvalue weighted by atomic mass is 10.0. The Balaban J connectivity index is 1.55. The van der Waals surface area contributed by atoms with Crippen LogP contribution in [0.2, 0.25) is 0 Å². The van der Waals surface area contributed by atoms with Crippen molar-refractivity contribution in [1.82, 2.24) is 14.7 Å². The van der Waals surface area contributed by atoms with Crippen LogP contribution in [0.5, 0.6) is 0 Å². The average molecular weight is 434 g/mol. The summed E-state index contributed by atoms with van der Waals surface area (Å²) < 4.78 is 7.71. The van der Waals surface area contributed by atoms with Crippen LogP contribution in [-0.4, -0.2) is 39.7 Å². The Hall–Kier alpha value is -3.68. The number of hydrogen-bond acceptors (Lipinski definition) is 5. The number of aryl methyl sites for hydroxylation is 2. The van der Waals surface area contributed by atoms with Gasteiger partial charge in [0.25, 0.3) is 5.91 Å². The molecule has 2 aromatic heterocycles. The van der Waals surface area contributed by atoms with Gasteiger partial charge in [-0.15, -0.1) is 0 Å². The van der Waals surface area contributed by atoms with Gasteiger partial charge in [0.05, 0.1) is 13.2 Å². The Morgan fingerprint density at radius 2 is 2.00 bits per heavy atom. The minimum atomic E-state index is -0.475. The summed E-state index contributed by atoms with van der Waals surface area (Å²) in [5.41, 5.74) is 3.55. The molecule has 0 bridgehead atoms. The Bertz CT molecular complexity index is 1110. The van der Waals surface area contributed by atoms with E-state index in [2.05, 4.69) is 17.2 Å². The van der Waals surface area contributed by atoms with Crippen molar-refractivity contribution >= 4 is 11.9 Å². The summed E-state index contributed by atoms with van der Waals surface area (Å²) in [5.74, 6) is -0.718. The number of ether oxygens (including phenoxy) is 1. The molecule has 1 amide bonds. The summed E-state index contributed by atoms with van der Waals surface area (Å²) in [7, 11) is 0. The maximum Gasteiger partial charge on any atom is 0.359 e. The van der Waals surface area contributed by atoms with Crippen molar-refractivity contribution in [2.24, 2.45) is 0 Å². The second-order valence-electron chi connectivity index (χ2n) is 7.74. The molecule has 1 aliphatic heterocycles. The van der Waals surface area contributed by atoms with E-state index in [1.165, 1.54) is 18.0 Å². The molecule has 4 rings (SSSR count). The lowest BCUT2D eigenvalue weighted by molar-refractivity contribution is -0.605. The molecule has 3 aromatic rings. The van der Waals surface area contributed by atoms with E-state index in [0.29, 0.717) is 29.8 Å². The number of amides is 1. The number of esters is 1. The van der Waals surface area contributed by atoms with Gasteiger partial charge in [-0.1, -0.05) is 30.3 Å². The molecule has 32 heavy (non-hydrogen) atoms. The Kier molecular flexibility index (Phi) is 6.49. The highest BCUT2D eigenvalue weighted by Gasteiger charge is 2.31. The first kappa shape index (κ1) is 21.5. The first-order valence-electron chi connectivity index (χ1n) is 10.8. The molecule has 0 atom stereocenters. The molecule has 0 spiro atoms. The number of pyridine rings is 1. The number of rotatable bonds is 7. The largest absolute Gasteiger partial charge is 0.619 e. The molecule has 166 valence electrons. The standard InChI is InChI=1S/C24H26N4O4/c1-2-32-24(30)22-20-17-26(23(29)19-11-7-13-27(31)16-19)15-12-21(20)28(25-22)14-6-10-18-8-4-3-5-9-18/h3-5,7-9,11,13,16H,2,6,10,12,14-15,17H2,1H3. The van der Waals surface area contributed by atoms with E-state index in [4.69, 9.17) is 4.74 Å². The van der Waals surface area contributed by atoms with E-state index in [9.17, 15) is 14.8 Å². The van der Waals surface area contributed by atoms with E-state index >= 15 is 0 Å². The number of fused-ring (bicyclic) bond motifs is 1. The first-order valence-corrected chi connectivity index (χ1v) is 10.8. The Morgan fingerprint density at radius 1 is 1.19 bits per heavy atom. The van der Waals surface area contributed by atoms with E-state index < -0.39 is 5.97 Å². The summed E-state index contributed by atoms with van der Waals surface area (Å²) in [4.78, 5) is 27.2. The van der Waals surface area contributed by atoms with Crippen molar-refractivity contribution in [3.63, 3.8) is 0 Å². The number of hydrogen-bond donors (Lipinski definition) is 0. The van der Waals surface area contributed by atoms with Crippen LogP contribution in [-0.2, 0) is 30.7 Å². The van der Waals surface area contributed by atoms with Gasteiger partial charge in [0.2, 0.25) is 0 Å². The van der Waals surface area contributed by atoms with Gasteiger partial charge in [-0.25, -0.2) is 4.79 Å². The first-order chi connectivity index (χ1) is 15.6. The third-order valence-corrected chi connectivity index (χ3v) is 5.59. The van der Waals surface area contributed by atoms with Crippen LogP contribution in [0.3, 0.4) is 0 Å². The third kappa shape index (κ3) is 4.64. The SMILES string of the molecule is CCOC(=O)c1nn(CCCc2ccccc2)c2c1CN(C(=O)c1ccc[n+]([O-])c1)CC2. The number of benzene rings is 1. The highest BCUT2D eigenvalue weighted by Crippen LogP contribution is 2.25. The Labute approximate surface area is 186 Å². The molecule has 0 saturated carbocycles. The molecule has 0 N–H and O–H groups in total. The van der Waals surface area contributed by atoms with Gasteiger partial charge in [0.1, 0.15) is 5.56 Å². The van der Waals surface area contributed by atoms with Gasteiger partial charge < -0.3 is 14.8 Å². The molecule has 3 heterocycles. The molecule has 8 heteroatoms. The van der Waals surface area contributed by atoms with Gasteiger partial charge in [-0.3, -0.25) is 9.48 Å². The molecule has 0 saturated heterocycles. The smallest absolute Gasteiger partial charge is 0.359 e. The zero-order valence-electron chi connectivity index (χ0n) is 18.1. The predicted octanol–water partition coefficient (Wildman–Crippen LogP) is 2.52. The molecule has 0 radical (unpaired) electrons. The van der Waals surface area contributed by atoms with E-state index in [1.54, 1.807) is 24.0 Å². The molecule has 8 nitrogen and oxygen atoms in total. The van der Waals surface area contributed by atoms with Crippen LogP contribution in [0.15, 0.2) is 54.9 Å². The quantitative estimate of drug-likeness (QED) is 0.324. The van der Waals surface area contributed by atoms with Crippen LogP contribution in [0, 0.1) is 5.21 Å². The van der Waals surface area contributed by atoms with E-state index in [0.717, 1.165) is 24.1 Å². The maximum atomic E-state index is 12.9. The molecular weight excluding hydrogens is 408 g/mol. The minimum Gasteiger partial charge on any atom is -0.619 e. The van der Waals surface area contributed by atoms with Gasteiger partial charge in [-0.05, 0) is 31.4 Å². The zero-order valence-corrected chi connectivity index (χ0v) is 18.1. The summed E-state index contributed by atoms with van der Waals surface area (Å²) in [5, 5.41) is 16.1. The highest BCUT2D eigenvalue weighted by atomic mass is 16.5. The molecule has 1 aromatic carbocycles. The van der Waals surface area contributed by atoms with Gasteiger partial charge >= 0.3 is 5.97 Å². The fourth-order valence-electron chi connectivity index (χ4n) is 4.05. The fourth-order valence-corrected chi connectivity index (χ4v) is 4.05. The highest BCUT2D eigenvalue weighted by molar-refractivity contribution is 5.94. The second kappa shape index (κ2) is 9.64. The van der Waals surface area contributed by atoms with Crippen molar-refractivity contribution in [2.75, 3.05) is 13.2 Å². The summed E-state index contributed by atoms with van der Waals surface area (Å²) >= 11 is 0. The topological polar surface area (TPSA) is 91.4 Å². The van der Waals surface area contributed by atoms with Gasteiger partial charge in [-0.2, -0.15) is 9.83 Å². The number of aromatic nitrogens is 3. The summed E-state index contributed by atoms with van der Waals surface area (Å²) in [6.45, 7) is 3.44. The van der Waals surface area contributed by atoms with E-state index in [1.807, 2.05) is 22.9 Å². The Morgan fingerprint density at radius 3 is 2.75 bits per heavy atom. The van der Waals surface area contributed by atoms with Crippen molar-refractivity contribution in [2.45, 2.75) is 39.3 Å². The maximum absolute atomic E-state index is 12.9. The molecule has 0 aliphatic carbocycles. The van der Waals surface area contributed by atoms with Crippen LogP contribution >= 0.6 is 0 Å². The van der Waals surface area contributed by atoms with Crippen molar-refractivity contribution < 1.29 is 19.1 Å².